The standard InChI is InChI=1S/C17H14ClN3O2/c1-10-7-8-14(12(9-10)16(22)23)21(2)15-11-5-3-4-6-13(11)19-17(18)20-15/h3-9H,1-2H3,(H,22,23). The summed E-state index contributed by atoms with van der Waals surface area (Å²) in [5.41, 5.74) is 2.35. The molecule has 3 aromatic rings. The maximum absolute atomic E-state index is 11.6. The van der Waals surface area contributed by atoms with Crippen LogP contribution in [0.3, 0.4) is 0 Å². The van der Waals surface area contributed by atoms with Gasteiger partial charge in [-0.25, -0.2) is 9.78 Å². The van der Waals surface area contributed by atoms with E-state index in [1.165, 1.54) is 0 Å². The van der Waals surface area contributed by atoms with Gasteiger partial charge in [0.05, 0.1) is 16.8 Å². The van der Waals surface area contributed by atoms with Crippen LogP contribution in [0.1, 0.15) is 15.9 Å². The third-order valence-electron chi connectivity index (χ3n) is 3.62. The fourth-order valence-electron chi connectivity index (χ4n) is 2.52. The minimum Gasteiger partial charge on any atom is -0.478 e. The van der Waals surface area contributed by atoms with E-state index in [9.17, 15) is 9.90 Å². The van der Waals surface area contributed by atoms with Gasteiger partial charge in [0.15, 0.2) is 0 Å². The molecule has 0 aliphatic heterocycles. The maximum atomic E-state index is 11.6. The second-order valence-electron chi connectivity index (χ2n) is 5.22. The van der Waals surface area contributed by atoms with Gasteiger partial charge in [-0.3, -0.25) is 0 Å². The van der Waals surface area contributed by atoms with Crippen LogP contribution in [0.15, 0.2) is 42.5 Å². The average Bonchev–Trinajstić information content (AvgIpc) is 2.53. The molecule has 0 saturated carbocycles. The van der Waals surface area contributed by atoms with Crippen LogP contribution in [0.5, 0.6) is 0 Å². The summed E-state index contributed by atoms with van der Waals surface area (Å²) in [5, 5.41) is 10.4. The van der Waals surface area contributed by atoms with Crippen LogP contribution in [-0.2, 0) is 0 Å². The molecule has 0 atom stereocenters. The first-order valence-electron chi connectivity index (χ1n) is 6.97. The minimum absolute atomic E-state index is 0.120. The first kappa shape index (κ1) is 15.2. The smallest absolute Gasteiger partial charge is 0.337 e. The summed E-state index contributed by atoms with van der Waals surface area (Å²) in [6.07, 6.45) is 0. The summed E-state index contributed by atoms with van der Waals surface area (Å²) in [6.45, 7) is 1.85. The summed E-state index contributed by atoms with van der Waals surface area (Å²) in [5.74, 6) is -0.424. The lowest BCUT2D eigenvalue weighted by molar-refractivity contribution is 0.0697. The number of rotatable bonds is 3. The van der Waals surface area contributed by atoms with Gasteiger partial charge in [-0.1, -0.05) is 23.8 Å². The molecule has 0 spiro atoms. The number of halogens is 1. The van der Waals surface area contributed by atoms with Crippen LogP contribution in [0.25, 0.3) is 10.9 Å². The molecule has 1 aromatic heterocycles. The molecule has 0 radical (unpaired) electrons. The number of para-hydroxylation sites is 1. The van der Waals surface area contributed by atoms with E-state index in [1.54, 1.807) is 24.1 Å². The van der Waals surface area contributed by atoms with Crippen LogP contribution in [0.4, 0.5) is 11.5 Å². The number of fused-ring (bicyclic) bond motifs is 1. The van der Waals surface area contributed by atoms with E-state index in [2.05, 4.69) is 9.97 Å². The number of anilines is 2. The molecule has 0 fully saturated rings. The third-order valence-corrected chi connectivity index (χ3v) is 3.79. The largest absolute Gasteiger partial charge is 0.478 e. The van der Waals surface area contributed by atoms with Crippen LogP contribution in [0.2, 0.25) is 5.28 Å². The van der Waals surface area contributed by atoms with Crippen LogP contribution in [0, 0.1) is 6.92 Å². The van der Waals surface area contributed by atoms with E-state index >= 15 is 0 Å². The first-order valence-corrected chi connectivity index (χ1v) is 7.35. The molecule has 2 aromatic carbocycles. The molecule has 1 heterocycles. The van der Waals surface area contributed by atoms with E-state index in [0.717, 1.165) is 10.9 Å². The van der Waals surface area contributed by atoms with Crippen molar-refractivity contribution in [1.82, 2.24) is 9.97 Å². The van der Waals surface area contributed by atoms with Crippen molar-refractivity contribution in [2.24, 2.45) is 0 Å². The highest BCUT2D eigenvalue weighted by Crippen LogP contribution is 2.32. The van der Waals surface area contributed by atoms with Crippen molar-refractivity contribution in [3.63, 3.8) is 0 Å². The number of carboxylic acid groups (broad SMARTS) is 1. The molecule has 3 rings (SSSR count). The number of aromatic nitrogens is 2. The number of aryl methyl sites for hydroxylation is 1. The summed E-state index contributed by atoms with van der Waals surface area (Å²) in [4.78, 5) is 21.8. The number of benzene rings is 2. The molecule has 6 heteroatoms. The highest BCUT2D eigenvalue weighted by molar-refractivity contribution is 6.28. The van der Waals surface area contributed by atoms with Gasteiger partial charge in [0, 0.05) is 12.4 Å². The lowest BCUT2D eigenvalue weighted by Crippen LogP contribution is -2.16. The van der Waals surface area contributed by atoms with Crippen molar-refractivity contribution in [2.75, 3.05) is 11.9 Å². The van der Waals surface area contributed by atoms with E-state index in [4.69, 9.17) is 11.6 Å². The molecule has 0 aliphatic rings. The Morgan fingerprint density at radius 2 is 1.91 bits per heavy atom. The summed E-state index contributed by atoms with van der Waals surface area (Å²) in [6, 6.07) is 12.7. The summed E-state index contributed by atoms with van der Waals surface area (Å²) >= 11 is 6.02. The predicted octanol–water partition coefficient (Wildman–Crippen LogP) is 4.06. The Hall–Kier alpha value is -2.66. The quantitative estimate of drug-likeness (QED) is 0.735. The average molecular weight is 328 g/mol. The Morgan fingerprint density at radius 3 is 2.65 bits per heavy atom. The monoisotopic (exact) mass is 327 g/mol. The Bertz CT molecular complexity index is 911. The first-order chi connectivity index (χ1) is 11.0. The molecule has 1 N–H and O–H groups in total. The third kappa shape index (κ3) is 2.83. The Balaban J connectivity index is 2.22. The predicted molar refractivity (Wildman–Crippen MR) is 90.7 cm³/mol. The van der Waals surface area contributed by atoms with E-state index in [-0.39, 0.29) is 10.8 Å². The molecule has 23 heavy (non-hydrogen) atoms. The Kier molecular flexibility index (Phi) is 3.88. The summed E-state index contributed by atoms with van der Waals surface area (Å²) in [7, 11) is 1.77. The van der Waals surface area contributed by atoms with Crippen LogP contribution < -0.4 is 4.90 Å². The minimum atomic E-state index is -0.986. The van der Waals surface area contributed by atoms with Gasteiger partial charge in [0.1, 0.15) is 5.82 Å². The lowest BCUT2D eigenvalue weighted by atomic mass is 10.1. The zero-order valence-corrected chi connectivity index (χ0v) is 13.4. The second-order valence-corrected chi connectivity index (χ2v) is 5.56. The zero-order chi connectivity index (χ0) is 16.6. The molecular weight excluding hydrogens is 314 g/mol. The number of carbonyl (C=O) groups is 1. The lowest BCUT2D eigenvalue weighted by Gasteiger charge is -2.22. The molecule has 0 bridgehead atoms. The van der Waals surface area contributed by atoms with Gasteiger partial charge in [-0.2, -0.15) is 4.98 Å². The maximum Gasteiger partial charge on any atom is 0.337 e. The van der Waals surface area contributed by atoms with E-state index in [0.29, 0.717) is 17.0 Å². The fraction of sp³-hybridized carbons (Fsp3) is 0.118. The van der Waals surface area contributed by atoms with E-state index in [1.807, 2.05) is 37.3 Å². The topological polar surface area (TPSA) is 66.3 Å². The van der Waals surface area contributed by atoms with Gasteiger partial charge in [-0.15, -0.1) is 0 Å². The molecule has 0 aliphatic carbocycles. The van der Waals surface area contributed by atoms with Gasteiger partial charge in [-0.05, 0) is 42.8 Å². The molecule has 0 amide bonds. The normalized spacial score (nSPS) is 10.7. The van der Waals surface area contributed by atoms with Gasteiger partial charge >= 0.3 is 5.97 Å². The summed E-state index contributed by atoms with van der Waals surface area (Å²) < 4.78 is 0. The SMILES string of the molecule is Cc1ccc(N(C)c2nc(Cl)nc3ccccc23)c(C(=O)O)c1. The van der Waals surface area contributed by atoms with Crippen molar-refractivity contribution in [1.29, 1.82) is 0 Å². The fourth-order valence-corrected chi connectivity index (χ4v) is 2.69. The van der Waals surface area contributed by atoms with Gasteiger partial charge in [0.2, 0.25) is 5.28 Å². The number of hydrogen-bond donors (Lipinski definition) is 1. The van der Waals surface area contributed by atoms with Crippen molar-refractivity contribution in [3.8, 4) is 0 Å². The number of hydrogen-bond acceptors (Lipinski definition) is 4. The highest BCUT2D eigenvalue weighted by atomic mass is 35.5. The Labute approximate surface area is 138 Å². The molecule has 0 unspecified atom stereocenters. The van der Waals surface area contributed by atoms with Crippen molar-refractivity contribution in [2.45, 2.75) is 6.92 Å². The van der Waals surface area contributed by atoms with Crippen molar-refractivity contribution >= 4 is 40.0 Å². The molecule has 5 nitrogen and oxygen atoms in total. The van der Waals surface area contributed by atoms with Crippen LogP contribution >= 0.6 is 11.6 Å². The van der Waals surface area contributed by atoms with E-state index < -0.39 is 5.97 Å². The van der Waals surface area contributed by atoms with Crippen LogP contribution in [-0.4, -0.2) is 28.1 Å². The van der Waals surface area contributed by atoms with Crippen molar-refractivity contribution < 1.29 is 9.90 Å². The van der Waals surface area contributed by atoms with Gasteiger partial charge < -0.3 is 10.0 Å². The van der Waals surface area contributed by atoms with Gasteiger partial charge in [0.25, 0.3) is 0 Å². The molecule has 116 valence electrons. The highest BCUT2D eigenvalue weighted by Gasteiger charge is 2.18. The molecular formula is C17H14ClN3O2. The molecule has 0 saturated heterocycles. The zero-order valence-electron chi connectivity index (χ0n) is 12.6. The number of aromatic carboxylic acids is 1. The number of carboxylic acids is 1. The second kappa shape index (κ2) is 5.85. The Morgan fingerprint density at radius 1 is 1.17 bits per heavy atom. The number of nitrogens with zero attached hydrogens (tertiary/aromatic N) is 3. The van der Waals surface area contributed by atoms with Crippen molar-refractivity contribution in [3.05, 3.63) is 58.9 Å².